The summed E-state index contributed by atoms with van der Waals surface area (Å²) < 4.78 is 13.0. The summed E-state index contributed by atoms with van der Waals surface area (Å²) in [6, 6.07) is 9.69. The maximum atomic E-state index is 7.74. The Morgan fingerprint density at radius 3 is 2.80 bits per heavy atom. The molecular weight excluding hydrogens is 252 g/mol. The van der Waals surface area contributed by atoms with Gasteiger partial charge in [0, 0.05) is 29.8 Å². The predicted molar refractivity (Wildman–Crippen MR) is 79.8 cm³/mol. The van der Waals surface area contributed by atoms with Crippen LogP contribution in [0.15, 0.2) is 41.0 Å². The molecule has 0 aliphatic carbocycles. The number of rotatable bonds is 4. The zero-order chi connectivity index (χ0) is 14.1. The first-order valence-electron chi connectivity index (χ1n) is 6.54. The molecule has 4 nitrogen and oxygen atoms in total. The molecule has 3 rings (SSSR count). The predicted octanol–water partition coefficient (Wildman–Crippen LogP) is 3.93. The smallest absolute Gasteiger partial charge is 0.150 e. The van der Waals surface area contributed by atoms with Crippen molar-refractivity contribution >= 4 is 17.1 Å². The summed E-state index contributed by atoms with van der Waals surface area (Å²) in [4.78, 5) is 0. The molecule has 0 aliphatic heterocycles. The van der Waals surface area contributed by atoms with Crippen molar-refractivity contribution in [2.24, 2.45) is 0 Å². The van der Waals surface area contributed by atoms with Gasteiger partial charge in [-0.05, 0) is 31.2 Å². The lowest BCUT2D eigenvalue weighted by atomic mass is 10.1. The Morgan fingerprint density at radius 2 is 2.20 bits per heavy atom. The molecule has 1 N–H and O–H groups in total. The Labute approximate surface area is 117 Å². The van der Waals surface area contributed by atoms with E-state index >= 15 is 0 Å². The standard InChI is InChI=1S/C16H16N2O2/c1-3-18-14-9-11(19-2)6-7-12(14)13(10-17)16(18)15-5-4-8-20-15/h4-10,17H,3H2,1-2H3. The molecule has 0 bridgehead atoms. The number of furan rings is 1. The normalized spacial score (nSPS) is 10.9. The summed E-state index contributed by atoms with van der Waals surface area (Å²) in [5.41, 5.74) is 2.87. The lowest BCUT2D eigenvalue weighted by molar-refractivity contribution is 0.415. The van der Waals surface area contributed by atoms with Crippen LogP contribution in [0.2, 0.25) is 0 Å². The highest BCUT2D eigenvalue weighted by atomic mass is 16.5. The maximum absolute atomic E-state index is 7.74. The second kappa shape index (κ2) is 4.89. The largest absolute Gasteiger partial charge is 0.497 e. The third-order valence-corrected chi connectivity index (χ3v) is 3.53. The van der Waals surface area contributed by atoms with Gasteiger partial charge in [-0.2, -0.15) is 0 Å². The van der Waals surface area contributed by atoms with E-state index in [9.17, 15) is 0 Å². The van der Waals surface area contributed by atoms with Crippen LogP contribution in [-0.2, 0) is 6.54 Å². The van der Waals surface area contributed by atoms with Crippen molar-refractivity contribution in [3.05, 3.63) is 42.2 Å². The molecule has 4 heteroatoms. The zero-order valence-electron chi connectivity index (χ0n) is 11.5. The maximum Gasteiger partial charge on any atom is 0.150 e. The average Bonchev–Trinajstić information content (AvgIpc) is 3.11. The topological polar surface area (TPSA) is 51.2 Å². The average molecular weight is 268 g/mol. The molecule has 20 heavy (non-hydrogen) atoms. The molecular formula is C16H16N2O2. The van der Waals surface area contributed by atoms with Gasteiger partial charge in [0.2, 0.25) is 0 Å². The van der Waals surface area contributed by atoms with Crippen LogP contribution in [0.3, 0.4) is 0 Å². The number of fused-ring (bicyclic) bond motifs is 1. The van der Waals surface area contributed by atoms with E-state index in [0.29, 0.717) is 0 Å². The number of aryl methyl sites for hydroxylation is 1. The zero-order valence-corrected chi connectivity index (χ0v) is 11.5. The van der Waals surface area contributed by atoms with E-state index in [4.69, 9.17) is 14.6 Å². The number of nitrogens with one attached hydrogen (secondary N) is 1. The van der Waals surface area contributed by atoms with E-state index in [1.54, 1.807) is 13.4 Å². The SMILES string of the molecule is CCn1c(-c2ccco2)c(C=N)c2ccc(OC)cc21. The molecule has 102 valence electrons. The lowest BCUT2D eigenvalue weighted by Crippen LogP contribution is -1.97. The summed E-state index contributed by atoms with van der Waals surface area (Å²) >= 11 is 0. The van der Waals surface area contributed by atoms with Crippen LogP contribution in [0.5, 0.6) is 5.75 Å². The van der Waals surface area contributed by atoms with Crippen LogP contribution < -0.4 is 4.74 Å². The Morgan fingerprint density at radius 1 is 1.35 bits per heavy atom. The fourth-order valence-electron chi connectivity index (χ4n) is 2.64. The van der Waals surface area contributed by atoms with Crippen LogP contribution in [0.25, 0.3) is 22.4 Å². The molecule has 1 aromatic carbocycles. The number of aromatic nitrogens is 1. The van der Waals surface area contributed by atoms with Crippen molar-refractivity contribution < 1.29 is 9.15 Å². The summed E-state index contributed by atoms with van der Waals surface area (Å²) in [5.74, 6) is 1.59. The first-order chi connectivity index (χ1) is 9.80. The minimum absolute atomic E-state index is 0.778. The van der Waals surface area contributed by atoms with E-state index in [1.807, 2.05) is 30.3 Å². The first-order valence-corrected chi connectivity index (χ1v) is 6.54. The molecule has 0 saturated heterocycles. The number of hydrogen-bond donors (Lipinski definition) is 1. The minimum Gasteiger partial charge on any atom is -0.497 e. The minimum atomic E-state index is 0.778. The van der Waals surface area contributed by atoms with Crippen LogP contribution in [0, 0.1) is 5.41 Å². The van der Waals surface area contributed by atoms with Crippen LogP contribution in [0.4, 0.5) is 0 Å². The van der Waals surface area contributed by atoms with Gasteiger partial charge in [0.05, 0.1) is 24.6 Å². The van der Waals surface area contributed by atoms with Crippen molar-refractivity contribution in [3.63, 3.8) is 0 Å². The third kappa shape index (κ3) is 1.72. The Bertz CT molecular complexity index is 754. The van der Waals surface area contributed by atoms with E-state index in [1.165, 1.54) is 6.21 Å². The van der Waals surface area contributed by atoms with Gasteiger partial charge in [0.25, 0.3) is 0 Å². The van der Waals surface area contributed by atoms with Crippen molar-refractivity contribution in [1.82, 2.24) is 4.57 Å². The Hall–Kier alpha value is -2.49. The van der Waals surface area contributed by atoms with Gasteiger partial charge in [0.15, 0.2) is 5.76 Å². The monoisotopic (exact) mass is 268 g/mol. The van der Waals surface area contributed by atoms with Gasteiger partial charge in [-0.1, -0.05) is 0 Å². The summed E-state index contributed by atoms with van der Waals surface area (Å²) in [6.07, 6.45) is 3.04. The number of methoxy groups -OCH3 is 1. The fourth-order valence-corrected chi connectivity index (χ4v) is 2.64. The van der Waals surface area contributed by atoms with Crippen molar-refractivity contribution in [2.45, 2.75) is 13.5 Å². The van der Waals surface area contributed by atoms with E-state index in [-0.39, 0.29) is 0 Å². The first kappa shape index (κ1) is 12.5. The van der Waals surface area contributed by atoms with Crippen molar-refractivity contribution in [2.75, 3.05) is 7.11 Å². The molecule has 0 amide bonds. The number of benzene rings is 1. The summed E-state index contributed by atoms with van der Waals surface area (Å²) in [6.45, 7) is 2.88. The second-order valence-corrected chi connectivity index (χ2v) is 4.51. The molecule has 0 saturated carbocycles. The molecule has 0 radical (unpaired) electrons. The van der Waals surface area contributed by atoms with Crippen LogP contribution >= 0.6 is 0 Å². The summed E-state index contributed by atoms with van der Waals surface area (Å²) in [5, 5.41) is 8.78. The lowest BCUT2D eigenvalue weighted by Gasteiger charge is -2.07. The fraction of sp³-hybridized carbons (Fsp3) is 0.188. The van der Waals surface area contributed by atoms with Gasteiger partial charge < -0.3 is 19.1 Å². The highest BCUT2D eigenvalue weighted by Crippen LogP contribution is 2.34. The molecule has 0 spiro atoms. The van der Waals surface area contributed by atoms with Crippen LogP contribution in [-0.4, -0.2) is 17.9 Å². The van der Waals surface area contributed by atoms with E-state index in [2.05, 4.69) is 11.5 Å². The van der Waals surface area contributed by atoms with Gasteiger partial charge in [-0.15, -0.1) is 0 Å². The number of hydrogen-bond acceptors (Lipinski definition) is 3. The molecule has 0 fully saturated rings. The molecule has 0 unspecified atom stereocenters. The summed E-state index contributed by atoms with van der Waals surface area (Å²) in [7, 11) is 1.66. The van der Waals surface area contributed by atoms with Crippen molar-refractivity contribution in [3.8, 4) is 17.2 Å². The van der Waals surface area contributed by atoms with Gasteiger partial charge >= 0.3 is 0 Å². The molecule has 0 aliphatic rings. The third-order valence-electron chi connectivity index (χ3n) is 3.53. The van der Waals surface area contributed by atoms with Gasteiger partial charge in [-0.25, -0.2) is 0 Å². The molecule has 2 heterocycles. The number of ether oxygens (including phenoxy) is 1. The highest BCUT2D eigenvalue weighted by Gasteiger charge is 2.18. The van der Waals surface area contributed by atoms with E-state index in [0.717, 1.165) is 40.2 Å². The molecule has 0 atom stereocenters. The Balaban J connectivity index is 2.41. The molecule has 3 aromatic rings. The quantitative estimate of drug-likeness (QED) is 0.729. The van der Waals surface area contributed by atoms with Crippen LogP contribution in [0.1, 0.15) is 12.5 Å². The van der Waals surface area contributed by atoms with Gasteiger partial charge in [-0.3, -0.25) is 0 Å². The van der Waals surface area contributed by atoms with Crippen molar-refractivity contribution in [1.29, 1.82) is 5.41 Å². The van der Waals surface area contributed by atoms with Gasteiger partial charge in [0.1, 0.15) is 5.75 Å². The highest BCUT2D eigenvalue weighted by molar-refractivity contribution is 6.05. The molecule has 2 aromatic heterocycles. The Kier molecular flexibility index (Phi) is 3.06. The number of nitrogens with zero attached hydrogens (tertiary/aromatic N) is 1. The van der Waals surface area contributed by atoms with E-state index < -0.39 is 0 Å². The second-order valence-electron chi connectivity index (χ2n) is 4.51.